The van der Waals surface area contributed by atoms with E-state index in [1.807, 2.05) is 18.7 Å². The lowest BCUT2D eigenvalue weighted by atomic mass is 10.0. The molecule has 1 aliphatic heterocycles. The molecule has 1 saturated heterocycles. The molecule has 1 aliphatic rings. The van der Waals surface area contributed by atoms with E-state index in [9.17, 15) is 9.59 Å². The molecule has 0 radical (unpaired) electrons. The Labute approximate surface area is 120 Å². The molecular weight excluding hydrogens is 260 g/mol. The van der Waals surface area contributed by atoms with Crippen molar-refractivity contribution >= 4 is 12.0 Å². The molecule has 0 unspecified atom stereocenters. The van der Waals surface area contributed by atoms with Gasteiger partial charge in [0.25, 0.3) is 0 Å². The van der Waals surface area contributed by atoms with Gasteiger partial charge < -0.3 is 20.1 Å². The molecular formula is C14H26N2O4. The van der Waals surface area contributed by atoms with Gasteiger partial charge in [0.1, 0.15) is 0 Å². The maximum Gasteiger partial charge on any atom is 0.318 e. The average molecular weight is 286 g/mol. The monoisotopic (exact) mass is 286 g/mol. The summed E-state index contributed by atoms with van der Waals surface area (Å²) < 4.78 is 5.38. The lowest BCUT2D eigenvalue weighted by molar-refractivity contribution is -0.137. The summed E-state index contributed by atoms with van der Waals surface area (Å²) in [6, 6.07) is -0.0381. The number of nitrogens with one attached hydrogen (secondary N) is 1. The Balaban J connectivity index is 2.12. The van der Waals surface area contributed by atoms with Crippen LogP contribution < -0.4 is 5.32 Å². The highest BCUT2D eigenvalue weighted by Crippen LogP contribution is 2.18. The number of unbranched alkanes of at least 4 members (excludes halogenated alkanes) is 3. The largest absolute Gasteiger partial charge is 0.481 e. The second kappa shape index (κ2) is 8.09. The summed E-state index contributed by atoms with van der Waals surface area (Å²) in [4.78, 5) is 24.2. The first kappa shape index (κ1) is 16.8. The minimum Gasteiger partial charge on any atom is -0.481 e. The van der Waals surface area contributed by atoms with Crippen LogP contribution in [-0.4, -0.2) is 53.8 Å². The quantitative estimate of drug-likeness (QED) is 0.700. The van der Waals surface area contributed by atoms with E-state index in [1.165, 1.54) is 0 Å². The summed E-state index contributed by atoms with van der Waals surface area (Å²) in [6.45, 7) is 6.41. The second-order valence-electron chi connectivity index (χ2n) is 5.81. The number of morpholine rings is 1. The molecule has 0 aliphatic carbocycles. The van der Waals surface area contributed by atoms with Gasteiger partial charge in [-0.05, 0) is 26.7 Å². The van der Waals surface area contributed by atoms with E-state index in [0.717, 1.165) is 19.3 Å². The summed E-state index contributed by atoms with van der Waals surface area (Å²) in [6.07, 6.45) is 3.66. The van der Waals surface area contributed by atoms with Crippen molar-refractivity contribution in [2.75, 3.05) is 26.3 Å². The lowest BCUT2D eigenvalue weighted by Crippen LogP contribution is -2.58. The first-order chi connectivity index (χ1) is 9.43. The molecule has 116 valence electrons. The Morgan fingerprint density at radius 3 is 2.60 bits per heavy atom. The Kier molecular flexibility index (Phi) is 6.78. The van der Waals surface area contributed by atoms with Gasteiger partial charge in [-0.25, -0.2) is 4.79 Å². The van der Waals surface area contributed by atoms with Crippen molar-refractivity contribution in [3.63, 3.8) is 0 Å². The van der Waals surface area contributed by atoms with Crippen LogP contribution in [0.4, 0.5) is 4.79 Å². The van der Waals surface area contributed by atoms with Crippen molar-refractivity contribution in [1.82, 2.24) is 10.2 Å². The molecule has 2 N–H and O–H groups in total. The Hall–Kier alpha value is -1.30. The minimum atomic E-state index is -0.743. The summed E-state index contributed by atoms with van der Waals surface area (Å²) in [5.41, 5.74) is -0.260. The molecule has 0 atom stereocenters. The molecule has 0 bridgehead atoms. The van der Waals surface area contributed by atoms with Crippen LogP contribution >= 0.6 is 0 Å². The van der Waals surface area contributed by atoms with E-state index >= 15 is 0 Å². The van der Waals surface area contributed by atoms with Crippen LogP contribution in [0.3, 0.4) is 0 Å². The molecule has 1 heterocycles. The van der Waals surface area contributed by atoms with Crippen LogP contribution in [0.15, 0.2) is 0 Å². The topological polar surface area (TPSA) is 78.9 Å². The molecule has 1 rings (SSSR count). The van der Waals surface area contributed by atoms with Gasteiger partial charge in [0.2, 0.25) is 0 Å². The third-order valence-electron chi connectivity index (χ3n) is 3.48. The minimum absolute atomic E-state index is 0.0381. The van der Waals surface area contributed by atoms with Crippen molar-refractivity contribution < 1.29 is 19.4 Å². The Morgan fingerprint density at radius 2 is 1.95 bits per heavy atom. The number of nitrogens with zero attached hydrogens (tertiary/aromatic N) is 1. The van der Waals surface area contributed by atoms with Crippen molar-refractivity contribution in [1.29, 1.82) is 0 Å². The number of urea groups is 1. The molecule has 0 spiro atoms. The standard InChI is InChI=1S/C14H26N2O4/c1-14(2)11-20-10-9-16(14)13(19)15-8-6-4-3-5-7-12(17)18/h3-11H2,1-2H3,(H,15,19)(H,17,18). The smallest absolute Gasteiger partial charge is 0.318 e. The Bertz CT molecular complexity index is 331. The molecule has 0 saturated carbocycles. The van der Waals surface area contributed by atoms with E-state index in [1.54, 1.807) is 0 Å². The van der Waals surface area contributed by atoms with Gasteiger partial charge in [0, 0.05) is 19.5 Å². The summed E-state index contributed by atoms with van der Waals surface area (Å²) in [5, 5.41) is 11.4. The average Bonchev–Trinajstić information content (AvgIpc) is 2.36. The predicted molar refractivity (Wildman–Crippen MR) is 75.7 cm³/mol. The Morgan fingerprint density at radius 1 is 1.25 bits per heavy atom. The molecule has 6 nitrogen and oxygen atoms in total. The van der Waals surface area contributed by atoms with Gasteiger partial charge in [-0.2, -0.15) is 0 Å². The highest BCUT2D eigenvalue weighted by Gasteiger charge is 2.33. The van der Waals surface area contributed by atoms with E-state index in [-0.39, 0.29) is 18.0 Å². The molecule has 1 fully saturated rings. The third-order valence-corrected chi connectivity index (χ3v) is 3.48. The maximum absolute atomic E-state index is 12.1. The number of rotatable bonds is 7. The number of ether oxygens (including phenoxy) is 1. The van der Waals surface area contributed by atoms with Gasteiger partial charge in [-0.1, -0.05) is 12.8 Å². The highest BCUT2D eigenvalue weighted by molar-refractivity contribution is 5.75. The number of carboxylic acids is 1. The fraction of sp³-hybridized carbons (Fsp3) is 0.857. The fourth-order valence-corrected chi connectivity index (χ4v) is 2.28. The SMILES string of the molecule is CC1(C)COCCN1C(=O)NCCCCCCC(=O)O. The summed E-state index contributed by atoms with van der Waals surface area (Å²) in [7, 11) is 0. The molecule has 2 amide bonds. The van der Waals surface area contributed by atoms with Crippen molar-refractivity contribution in [3.05, 3.63) is 0 Å². The molecule has 0 aromatic heterocycles. The summed E-state index contributed by atoms with van der Waals surface area (Å²) >= 11 is 0. The van der Waals surface area contributed by atoms with Crippen LogP contribution in [0.5, 0.6) is 0 Å². The van der Waals surface area contributed by atoms with Crippen LogP contribution in [0.25, 0.3) is 0 Å². The normalized spacial score (nSPS) is 17.8. The second-order valence-corrected chi connectivity index (χ2v) is 5.81. The van der Waals surface area contributed by atoms with E-state index in [4.69, 9.17) is 9.84 Å². The highest BCUT2D eigenvalue weighted by atomic mass is 16.5. The van der Waals surface area contributed by atoms with Gasteiger partial charge in [0.15, 0.2) is 0 Å². The molecule has 0 aromatic rings. The van der Waals surface area contributed by atoms with Gasteiger partial charge in [-0.15, -0.1) is 0 Å². The van der Waals surface area contributed by atoms with Gasteiger partial charge >= 0.3 is 12.0 Å². The number of carbonyl (C=O) groups is 2. The van der Waals surface area contributed by atoms with Crippen molar-refractivity contribution in [2.45, 2.75) is 51.5 Å². The van der Waals surface area contributed by atoms with Crippen LogP contribution in [0, 0.1) is 0 Å². The number of amides is 2. The number of carboxylic acid groups (broad SMARTS) is 1. The van der Waals surface area contributed by atoms with Gasteiger partial charge in [-0.3, -0.25) is 4.79 Å². The predicted octanol–water partition coefficient (Wildman–Crippen LogP) is 1.84. The number of aliphatic carboxylic acids is 1. The molecule has 6 heteroatoms. The molecule has 0 aromatic carbocycles. The number of hydrogen-bond acceptors (Lipinski definition) is 3. The maximum atomic E-state index is 12.1. The number of hydrogen-bond donors (Lipinski definition) is 2. The van der Waals surface area contributed by atoms with Gasteiger partial charge in [0.05, 0.1) is 18.8 Å². The summed E-state index contributed by atoms with van der Waals surface area (Å²) in [5.74, 6) is -0.743. The zero-order valence-corrected chi connectivity index (χ0v) is 12.5. The number of carbonyl (C=O) groups excluding carboxylic acids is 1. The van der Waals surface area contributed by atoms with Crippen LogP contribution in [0.2, 0.25) is 0 Å². The first-order valence-corrected chi connectivity index (χ1v) is 7.28. The third kappa shape index (κ3) is 5.77. The molecule has 20 heavy (non-hydrogen) atoms. The van der Waals surface area contributed by atoms with E-state index in [2.05, 4.69) is 5.32 Å². The lowest BCUT2D eigenvalue weighted by Gasteiger charge is -2.41. The van der Waals surface area contributed by atoms with Crippen LogP contribution in [0.1, 0.15) is 46.0 Å². The van der Waals surface area contributed by atoms with Crippen LogP contribution in [-0.2, 0) is 9.53 Å². The zero-order valence-electron chi connectivity index (χ0n) is 12.5. The van der Waals surface area contributed by atoms with E-state index in [0.29, 0.717) is 32.7 Å². The fourth-order valence-electron chi connectivity index (χ4n) is 2.28. The van der Waals surface area contributed by atoms with Crippen molar-refractivity contribution in [2.24, 2.45) is 0 Å². The first-order valence-electron chi connectivity index (χ1n) is 7.28. The van der Waals surface area contributed by atoms with Crippen molar-refractivity contribution in [3.8, 4) is 0 Å². The van der Waals surface area contributed by atoms with E-state index < -0.39 is 5.97 Å². The zero-order chi connectivity index (χ0) is 15.0.